The topological polar surface area (TPSA) is 345 Å². The van der Waals surface area contributed by atoms with Gasteiger partial charge >= 0.3 is 11.9 Å². The highest BCUT2D eigenvalue weighted by Crippen LogP contribution is 2.31. The average molecular weight is 1000 g/mol. The fraction of sp³-hybridized carbons (Fsp3) is 0.545. The molecule has 4 rings (SSSR count). The minimum absolute atomic E-state index is 0.0186. The van der Waals surface area contributed by atoms with E-state index in [2.05, 4.69) is 47.1 Å². The van der Waals surface area contributed by atoms with Gasteiger partial charge in [0.05, 0.1) is 62.5 Å². The number of aromatic nitrogens is 1. The normalized spacial score (nSPS) is 16.1. The number of carboxylic acids is 2. The lowest BCUT2D eigenvalue weighted by atomic mass is 10.1. The Kier molecular flexibility index (Phi) is 21.3. The lowest BCUT2D eigenvalue weighted by Gasteiger charge is -2.35. The number of likely N-dealkylation sites (tertiary alicyclic amines) is 1. The number of nitrogens with zero attached hydrogens (tertiary/aromatic N) is 6. The molecule has 0 saturated carbocycles. The van der Waals surface area contributed by atoms with Crippen molar-refractivity contribution < 1.29 is 66.9 Å². The van der Waals surface area contributed by atoms with Gasteiger partial charge in [-0.25, -0.2) is 8.78 Å². The minimum Gasteiger partial charge on any atom is -0.481 e. The summed E-state index contributed by atoms with van der Waals surface area (Å²) in [6, 6.07) is 5.07. The van der Waals surface area contributed by atoms with Gasteiger partial charge in [-0.1, -0.05) is 0 Å². The third-order valence-electron chi connectivity index (χ3n) is 11.6. The number of alkyl halides is 2. The molecule has 0 radical (unpaired) electrons. The number of likely N-dealkylation sites (N-methyl/N-ethyl adjacent to an activating group) is 1. The maximum atomic E-state index is 13.9. The number of piperazine rings is 1. The molecule has 2 aliphatic heterocycles. The fourth-order valence-corrected chi connectivity index (χ4v) is 7.63. The summed E-state index contributed by atoms with van der Waals surface area (Å²) in [7, 11) is 3.33. The van der Waals surface area contributed by atoms with E-state index in [0.29, 0.717) is 50.2 Å². The first-order valence-electron chi connectivity index (χ1n) is 22.6. The lowest BCUT2D eigenvalue weighted by molar-refractivity contribution is -0.139. The van der Waals surface area contributed by atoms with E-state index >= 15 is 0 Å². The van der Waals surface area contributed by atoms with Gasteiger partial charge in [-0.15, -0.1) is 0 Å². The summed E-state index contributed by atoms with van der Waals surface area (Å²) in [5.41, 5.74) is 1.52. The van der Waals surface area contributed by atoms with Crippen LogP contribution in [0.25, 0.3) is 10.9 Å². The monoisotopic (exact) mass is 999 g/mol. The quantitative estimate of drug-likeness (QED) is 0.0452. The third kappa shape index (κ3) is 18.0. The number of carbonyl (C=O) groups excluding carboxylic acids is 8. The second-order valence-corrected chi connectivity index (χ2v) is 16.8. The van der Waals surface area contributed by atoms with Crippen LogP contribution in [0, 0.1) is 11.3 Å². The number of halogens is 2. The van der Waals surface area contributed by atoms with Crippen molar-refractivity contribution in [3.8, 4) is 6.07 Å². The van der Waals surface area contributed by atoms with E-state index in [1.54, 1.807) is 23.1 Å². The molecule has 2 aromatic rings. The number of carbonyl (C=O) groups is 10. The van der Waals surface area contributed by atoms with E-state index in [9.17, 15) is 67.1 Å². The zero-order valence-electron chi connectivity index (χ0n) is 39.3. The molecule has 3 unspecified atom stereocenters. The number of hydrogen-bond donors (Lipinski definition) is 9. The van der Waals surface area contributed by atoms with E-state index in [4.69, 9.17) is 5.11 Å². The Morgan fingerprint density at radius 1 is 0.803 bits per heavy atom. The molecule has 2 fully saturated rings. The summed E-state index contributed by atoms with van der Waals surface area (Å²) >= 11 is 0. The van der Waals surface area contributed by atoms with E-state index in [1.807, 2.05) is 18.0 Å². The van der Waals surface area contributed by atoms with Gasteiger partial charge in [-0.3, -0.25) is 57.8 Å². The number of benzene rings is 1. The van der Waals surface area contributed by atoms with Crippen molar-refractivity contribution in [1.82, 2.24) is 56.9 Å². The van der Waals surface area contributed by atoms with Crippen molar-refractivity contribution in [1.29, 1.82) is 5.26 Å². The third-order valence-corrected chi connectivity index (χ3v) is 11.6. The first-order valence-corrected chi connectivity index (χ1v) is 22.6. The number of nitrogens with one attached hydrogen (secondary N) is 7. The number of pyridine rings is 1. The zero-order chi connectivity index (χ0) is 52.3. The highest BCUT2D eigenvalue weighted by molar-refractivity contribution is 6.07. The minimum atomic E-state index is -3.19. The number of amides is 8. The van der Waals surface area contributed by atoms with Crippen LogP contribution in [-0.2, 0) is 43.2 Å². The maximum absolute atomic E-state index is 13.9. The van der Waals surface area contributed by atoms with Crippen molar-refractivity contribution in [3.63, 3.8) is 0 Å². The summed E-state index contributed by atoms with van der Waals surface area (Å²) in [5, 5.41) is 44.4. The number of anilines is 1. The molecule has 1 aromatic carbocycles. The molecular formula is C44H59F2N13O12. The molecule has 3 atom stereocenters. The average Bonchev–Trinajstić information content (AvgIpc) is 3.67. The molecule has 1 aromatic heterocycles. The van der Waals surface area contributed by atoms with Crippen LogP contribution in [0.3, 0.4) is 0 Å². The van der Waals surface area contributed by atoms with Gasteiger partial charge in [0.1, 0.15) is 12.1 Å². The van der Waals surface area contributed by atoms with Crippen LogP contribution in [0.15, 0.2) is 30.5 Å². The fourth-order valence-electron chi connectivity index (χ4n) is 7.63. The molecule has 0 bridgehead atoms. The standard InChI is InChI=1S/C44H59F2N13O12/c1-48-32(6-8-39(65)66)42(70)52-22-35(61)50-21-34(60)51-23-36(62)55-33(7-9-40(67)68)43(71)54-24-37(63)58-16-14-57(15-17-58)13-3-12-56(2)27-4-5-31-30(18-27)29(10-11-49-31)41(69)53-25-38(64)59-26-44(45,46)19-28(59)20-47/h4-5,10-11,18,28,32-33,48H,3,6-9,12-17,19,21-26H2,1-2H3,(H,50,61)(H,51,60)(H,52,70)(H,53,69)(H,54,71)(H,55,62)(H,65,66)(H,67,68). The van der Waals surface area contributed by atoms with Gasteiger partial charge in [0.25, 0.3) is 11.8 Å². The number of hydrogen-bond acceptors (Lipinski definition) is 15. The van der Waals surface area contributed by atoms with Crippen molar-refractivity contribution in [2.75, 3.05) is 97.5 Å². The number of nitriles is 1. The van der Waals surface area contributed by atoms with Crippen LogP contribution in [0.2, 0.25) is 0 Å². The molecule has 8 amide bonds. The molecule has 0 spiro atoms. The van der Waals surface area contributed by atoms with Gasteiger partial charge in [0, 0.05) is 76.3 Å². The summed E-state index contributed by atoms with van der Waals surface area (Å²) < 4.78 is 27.7. The SMILES string of the molecule is CNC(CCC(=O)O)C(=O)NCC(=O)NCC(=O)NCC(=O)NC(CCC(=O)O)C(=O)NCC(=O)N1CCN(CCCN(C)c2ccc3nccc(C(=O)NCC(=O)N4CC(F)(F)CC4C#N)c3c2)CC1. The largest absolute Gasteiger partial charge is 0.481 e. The predicted octanol–water partition coefficient (Wildman–Crippen LogP) is -3.04. The zero-order valence-corrected chi connectivity index (χ0v) is 39.3. The highest BCUT2D eigenvalue weighted by Gasteiger charge is 2.47. The van der Waals surface area contributed by atoms with Crippen LogP contribution >= 0.6 is 0 Å². The Labute approximate surface area is 406 Å². The summed E-state index contributed by atoms with van der Waals surface area (Å²) in [6.07, 6.45) is 0.282. The van der Waals surface area contributed by atoms with Gasteiger partial charge < -0.3 is 62.1 Å². The van der Waals surface area contributed by atoms with Crippen LogP contribution in [0.1, 0.15) is 48.9 Å². The molecule has 27 heteroatoms. The Balaban J connectivity index is 1.16. The van der Waals surface area contributed by atoms with Crippen LogP contribution < -0.4 is 42.1 Å². The second kappa shape index (κ2) is 27.0. The number of rotatable bonds is 26. The number of aliphatic carboxylic acids is 2. The summed E-state index contributed by atoms with van der Waals surface area (Å²) in [6.45, 7) is -0.529. The van der Waals surface area contributed by atoms with E-state index in [-0.39, 0.29) is 24.8 Å². The van der Waals surface area contributed by atoms with Gasteiger partial charge in [0.15, 0.2) is 0 Å². The molecule has 386 valence electrons. The molecule has 9 N–H and O–H groups in total. The van der Waals surface area contributed by atoms with Crippen LogP contribution in [-0.4, -0.2) is 206 Å². The smallest absolute Gasteiger partial charge is 0.303 e. The van der Waals surface area contributed by atoms with Gasteiger partial charge in [-0.2, -0.15) is 5.26 Å². The first-order chi connectivity index (χ1) is 33.7. The Hall–Kier alpha value is -7.60. The van der Waals surface area contributed by atoms with Crippen LogP contribution in [0.4, 0.5) is 14.5 Å². The van der Waals surface area contributed by atoms with E-state index < -0.39 is 135 Å². The van der Waals surface area contributed by atoms with E-state index in [0.717, 1.165) is 17.0 Å². The molecule has 3 heterocycles. The van der Waals surface area contributed by atoms with Crippen molar-refractivity contribution in [2.45, 2.75) is 62.6 Å². The lowest BCUT2D eigenvalue weighted by Crippen LogP contribution is -2.54. The Morgan fingerprint density at radius 3 is 2.03 bits per heavy atom. The van der Waals surface area contributed by atoms with Crippen molar-refractivity contribution >= 4 is 75.8 Å². The second-order valence-electron chi connectivity index (χ2n) is 16.8. The maximum Gasteiger partial charge on any atom is 0.303 e. The molecule has 0 aliphatic carbocycles. The molecule has 25 nitrogen and oxygen atoms in total. The van der Waals surface area contributed by atoms with Crippen molar-refractivity contribution in [2.24, 2.45) is 0 Å². The predicted molar refractivity (Wildman–Crippen MR) is 246 cm³/mol. The van der Waals surface area contributed by atoms with Crippen LogP contribution in [0.5, 0.6) is 0 Å². The highest BCUT2D eigenvalue weighted by atomic mass is 19.3. The van der Waals surface area contributed by atoms with Gasteiger partial charge in [0.2, 0.25) is 41.4 Å². The molecule has 2 aliphatic rings. The van der Waals surface area contributed by atoms with E-state index in [1.165, 1.54) is 19.3 Å². The van der Waals surface area contributed by atoms with Crippen molar-refractivity contribution in [3.05, 3.63) is 36.0 Å². The molecule has 71 heavy (non-hydrogen) atoms. The van der Waals surface area contributed by atoms with Gasteiger partial charge in [-0.05, 0) is 57.1 Å². The first kappa shape index (κ1) is 56.0. The number of fused-ring (bicyclic) bond motifs is 1. The molecular weight excluding hydrogens is 941 g/mol. The molecule has 2 saturated heterocycles. The number of carboxylic acid groups (broad SMARTS) is 2. The summed E-state index contributed by atoms with van der Waals surface area (Å²) in [5.74, 6) is -11.2. The summed E-state index contributed by atoms with van der Waals surface area (Å²) in [4.78, 5) is 134. The Bertz CT molecular complexity index is 2340. The Morgan fingerprint density at radius 2 is 1.39 bits per heavy atom.